The van der Waals surface area contributed by atoms with Crippen LogP contribution in [0.1, 0.15) is 36.8 Å². The van der Waals surface area contributed by atoms with Crippen molar-refractivity contribution in [3.8, 4) is 0 Å². The molecule has 4 nitrogen and oxygen atoms in total. The van der Waals surface area contributed by atoms with Crippen molar-refractivity contribution in [3.63, 3.8) is 0 Å². The van der Waals surface area contributed by atoms with Crippen LogP contribution in [-0.2, 0) is 19.4 Å². The Labute approximate surface area is 112 Å². The van der Waals surface area contributed by atoms with Gasteiger partial charge in [0, 0.05) is 24.6 Å². The second kappa shape index (κ2) is 5.59. The zero-order valence-corrected chi connectivity index (χ0v) is 11.4. The number of hydrogen-bond acceptors (Lipinski definition) is 3. The first-order valence-electron chi connectivity index (χ1n) is 6.19. The SMILES string of the molecule is CCc1nn(CC)c(CC(N)c2ccoc2)c1Cl. The standard InChI is InChI=1S/C13H18ClN3O/c1-3-11-13(14)12(17(4-2)16-11)7-10(15)9-5-6-18-8-9/h5-6,8,10H,3-4,7,15H2,1-2H3. The van der Waals surface area contributed by atoms with E-state index in [1.54, 1.807) is 12.5 Å². The lowest BCUT2D eigenvalue weighted by molar-refractivity contribution is 0.552. The summed E-state index contributed by atoms with van der Waals surface area (Å²) in [5.74, 6) is 0. The first-order valence-corrected chi connectivity index (χ1v) is 6.56. The van der Waals surface area contributed by atoms with Crippen LogP contribution in [0, 0.1) is 0 Å². The third-order valence-electron chi connectivity index (χ3n) is 3.08. The predicted octanol–water partition coefficient (Wildman–Crippen LogP) is 2.95. The molecular formula is C13H18ClN3O. The molecule has 5 heteroatoms. The summed E-state index contributed by atoms with van der Waals surface area (Å²) < 4.78 is 6.98. The highest BCUT2D eigenvalue weighted by Gasteiger charge is 2.18. The van der Waals surface area contributed by atoms with Crippen LogP contribution in [0.4, 0.5) is 0 Å². The molecule has 1 atom stereocenters. The van der Waals surface area contributed by atoms with E-state index in [0.29, 0.717) is 6.42 Å². The summed E-state index contributed by atoms with van der Waals surface area (Å²) in [6.07, 6.45) is 4.80. The Balaban J connectivity index is 2.25. The molecular weight excluding hydrogens is 250 g/mol. The van der Waals surface area contributed by atoms with Gasteiger partial charge in [-0.05, 0) is 19.4 Å². The highest BCUT2D eigenvalue weighted by atomic mass is 35.5. The average Bonchev–Trinajstić information content (AvgIpc) is 2.99. The molecule has 18 heavy (non-hydrogen) atoms. The second-order valence-electron chi connectivity index (χ2n) is 4.24. The molecule has 0 bridgehead atoms. The molecule has 0 aromatic carbocycles. The Hall–Kier alpha value is -1.26. The van der Waals surface area contributed by atoms with Gasteiger partial charge in [0.15, 0.2) is 0 Å². The van der Waals surface area contributed by atoms with Crippen LogP contribution in [-0.4, -0.2) is 9.78 Å². The maximum absolute atomic E-state index is 6.35. The molecule has 2 heterocycles. The van der Waals surface area contributed by atoms with E-state index in [1.165, 1.54) is 0 Å². The van der Waals surface area contributed by atoms with Crippen LogP contribution >= 0.6 is 11.6 Å². The fourth-order valence-corrected chi connectivity index (χ4v) is 2.37. The fourth-order valence-electron chi connectivity index (χ4n) is 2.02. The van der Waals surface area contributed by atoms with E-state index in [2.05, 4.69) is 12.0 Å². The molecule has 0 fully saturated rings. The molecule has 2 aromatic heterocycles. The molecule has 0 aliphatic heterocycles. The van der Waals surface area contributed by atoms with E-state index in [0.717, 1.165) is 34.9 Å². The minimum absolute atomic E-state index is 0.118. The monoisotopic (exact) mass is 267 g/mol. The van der Waals surface area contributed by atoms with Crippen molar-refractivity contribution >= 4 is 11.6 Å². The first kappa shape index (κ1) is 13.2. The largest absolute Gasteiger partial charge is 0.472 e. The van der Waals surface area contributed by atoms with Gasteiger partial charge in [0.1, 0.15) is 0 Å². The molecule has 0 amide bonds. The number of rotatable bonds is 5. The molecule has 0 aliphatic carbocycles. The van der Waals surface area contributed by atoms with Crippen LogP contribution in [0.2, 0.25) is 5.02 Å². The van der Waals surface area contributed by atoms with Crippen molar-refractivity contribution in [2.24, 2.45) is 5.73 Å². The number of halogens is 1. The van der Waals surface area contributed by atoms with Crippen LogP contribution in [0.5, 0.6) is 0 Å². The van der Waals surface area contributed by atoms with Crippen molar-refractivity contribution in [1.82, 2.24) is 9.78 Å². The highest BCUT2D eigenvalue weighted by Crippen LogP contribution is 2.26. The average molecular weight is 268 g/mol. The summed E-state index contributed by atoms with van der Waals surface area (Å²) in [7, 11) is 0. The summed E-state index contributed by atoms with van der Waals surface area (Å²) in [6, 6.07) is 1.76. The molecule has 0 saturated carbocycles. The Morgan fingerprint density at radius 3 is 2.83 bits per heavy atom. The van der Waals surface area contributed by atoms with E-state index < -0.39 is 0 Å². The predicted molar refractivity (Wildman–Crippen MR) is 71.6 cm³/mol. The molecule has 0 saturated heterocycles. The molecule has 98 valence electrons. The van der Waals surface area contributed by atoms with Gasteiger partial charge in [0.2, 0.25) is 0 Å². The number of furan rings is 1. The second-order valence-corrected chi connectivity index (χ2v) is 4.62. The van der Waals surface area contributed by atoms with E-state index in [1.807, 2.05) is 17.7 Å². The van der Waals surface area contributed by atoms with Crippen molar-refractivity contribution in [3.05, 3.63) is 40.6 Å². The molecule has 1 unspecified atom stereocenters. The van der Waals surface area contributed by atoms with Crippen LogP contribution < -0.4 is 5.73 Å². The summed E-state index contributed by atoms with van der Waals surface area (Å²) in [6.45, 7) is 4.90. The topological polar surface area (TPSA) is 57.0 Å². The Morgan fingerprint density at radius 1 is 1.50 bits per heavy atom. The lowest BCUT2D eigenvalue weighted by atomic mass is 10.1. The summed E-state index contributed by atoms with van der Waals surface area (Å²) in [5, 5.41) is 5.24. The summed E-state index contributed by atoms with van der Waals surface area (Å²) in [4.78, 5) is 0. The van der Waals surface area contributed by atoms with Crippen molar-refractivity contribution in [2.75, 3.05) is 0 Å². The number of nitrogens with zero attached hydrogens (tertiary/aromatic N) is 2. The molecule has 2 N–H and O–H groups in total. The number of aromatic nitrogens is 2. The Kier molecular flexibility index (Phi) is 4.09. The minimum Gasteiger partial charge on any atom is -0.472 e. The molecule has 2 aromatic rings. The van der Waals surface area contributed by atoms with E-state index in [9.17, 15) is 0 Å². The smallest absolute Gasteiger partial charge is 0.0950 e. The normalized spacial score (nSPS) is 12.9. The lowest BCUT2D eigenvalue weighted by Crippen LogP contribution is -2.15. The Morgan fingerprint density at radius 2 is 2.28 bits per heavy atom. The minimum atomic E-state index is -0.118. The van der Waals surface area contributed by atoms with Gasteiger partial charge >= 0.3 is 0 Å². The van der Waals surface area contributed by atoms with Crippen molar-refractivity contribution in [2.45, 2.75) is 39.3 Å². The highest BCUT2D eigenvalue weighted by molar-refractivity contribution is 6.31. The molecule has 0 aliphatic rings. The van der Waals surface area contributed by atoms with E-state index in [-0.39, 0.29) is 6.04 Å². The number of aryl methyl sites for hydroxylation is 2. The van der Waals surface area contributed by atoms with E-state index >= 15 is 0 Å². The molecule has 0 radical (unpaired) electrons. The van der Waals surface area contributed by atoms with Gasteiger partial charge in [0.05, 0.1) is 28.9 Å². The maximum Gasteiger partial charge on any atom is 0.0950 e. The van der Waals surface area contributed by atoms with Crippen molar-refractivity contribution < 1.29 is 4.42 Å². The van der Waals surface area contributed by atoms with Gasteiger partial charge in [-0.25, -0.2) is 0 Å². The maximum atomic E-state index is 6.35. The quantitative estimate of drug-likeness (QED) is 0.906. The van der Waals surface area contributed by atoms with Crippen LogP contribution in [0.25, 0.3) is 0 Å². The van der Waals surface area contributed by atoms with Gasteiger partial charge < -0.3 is 10.2 Å². The van der Waals surface area contributed by atoms with Gasteiger partial charge in [-0.1, -0.05) is 18.5 Å². The zero-order valence-electron chi connectivity index (χ0n) is 10.7. The van der Waals surface area contributed by atoms with Crippen molar-refractivity contribution in [1.29, 1.82) is 0 Å². The summed E-state index contributed by atoms with van der Waals surface area (Å²) >= 11 is 6.35. The van der Waals surface area contributed by atoms with Gasteiger partial charge in [-0.3, -0.25) is 4.68 Å². The zero-order chi connectivity index (χ0) is 13.1. The van der Waals surface area contributed by atoms with Gasteiger partial charge in [-0.15, -0.1) is 0 Å². The molecule has 2 rings (SSSR count). The number of hydrogen-bond donors (Lipinski definition) is 1. The third kappa shape index (κ3) is 2.44. The van der Waals surface area contributed by atoms with E-state index in [4.69, 9.17) is 21.8 Å². The third-order valence-corrected chi connectivity index (χ3v) is 3.52. The molecule has 0 spiro atoms. The first-order chi connectivity index (χ1) is 8.67. The van der Waals surface area contributed by atoms with Crippen LogP contribution in [0.15, 0.2) is 23.0 Å². The number of nitrogens with two attached hydrogens (primary N) is 1. The summed E-state index contributed by atoms with van der Waals surface area (Å²) in [5.41, 5.74) is 9.08. The lowest BCUT2D eigenvalue weighted by Gasteiger charge is -2.11. The fraction of sp³-hybridized carbons (Fsp3) is 0.462. The van der Waals surface area contributed by atoms with Gasteiger partial charge in [-0.2, -0.15) is 5.10 Å². The van der Waals surface area contributed by atoms with Crippen LogP contribution in [0.3, 0.4) is 0 Å². The Bertz CT molecular complexity index is 505. The van der Waals surface area contributed by atoms with Gasteiger partial charge in [0.25, 0.3) is 0 Å².